The second kappa shape index (κ2) is 4.37. The second-order valence-electron chi connectivity index (χ2n) is 3.79. The minimum Gasteiger partial charge on any atom is -0.361 e. The quantitative estimate of drug-likeness (QED) is 0.734. The lowest BCUT2D eigenvalue weighted by molar-refractivity contribution is -0.114. The van der Waals surface area contributed by atoms with Gasteiger partial charge in [0.15, 0.2) is 0 Å². The number of carbonyl (C=O) groups is 1. The van der Waals surface area contributed by atoms with E-state index in [1.54, 1.807) is 0 Å². The Hall–Kier alpha value is -1.81. The maximum Gasteiger partial charge on any atom is 0.221 e. The van der Waals surface area contributed by atoms with Crippen LogP contribution in [0, 0.1) is 0 Å². The molecule has 3 N–H and O–H groups in total. The molecule has 0 bridgehead atoms. The van der Waals surface area contributed by atoms with Crippen molar-refractivity contribution in [3.8, 4) is 0 Å². The number of fused-ring (bicyclic) bond motifs is 1. The third-order valence-corrected chi connectivity index (χ3v) is 2.44. The van der Waals surface area contributed by atoms with Crippen molar-refractivity contribution < 1.29 is 4.79 Å². The first-order valence-electron chi connectivity index (χ1n) is 5.23. The molecule has 16 heavy (non-hydrogen) atoms. The Labute approximate surface area is 94.0 Å². The van der Waals surface area contributed by atoms with Gasteiger partial charge in [-0.05, 0) is 30.8 Å². The number of aromatic amines is 1. The molecule has 1 aromatic heterocycles. The van der Waals surface area contributed by atoms with Gasteiger partial charge in [0.05, 0.1) is 0 Å². The molecule has 0 aliphatic heterocycles. The molecule has 0 spiro atoms. The smallest absolute Gasteiger partial charge is 0.221 e. The second-order valence-corrected chi connectivity index (χ2v) is 3.79. The summed E-state index contributed by atoms with van der Waals surface area (Å²) in [5, 5.41) is 7.10. The number of anilines is 1. The first-order valence-corrected chi connectivity index (χ1v) is 5.23. The van der Waals surface area contributed by atoms with Gasteiger partial charge in [-0.1, -0.05) is 0 Å². The van der Waals surface area contributed by atoms with Crippen LogP contribution in [0.5, 0.6) is 0 Å². The summed E-state index contributed by atoms with van der Waals surface area (Å²) >= 11 is 0. The molecule has 2 aromatic rings. The van der Waals surface area contributed by atoms with Crippen LogP contribution in [-0.4, -0.2) is 17.9 Å². The minimum atomic E-state index is -0.0543. The van der Waals surface area contributed by atoms with Crippen LogP contribution in [0.3, 0.4) is 0 Å². The average molecular weight is 217 g/mol. The standard InChI is InChI=1S/C12H15N3O/c1-8(16)15-10-5-9(7-13-2)11-3-4-14-12(11)6-10/h3-6,13-14H,7H2,1-2H3,(H,15,16). The summed E-state index contributed by atoms with van der Waals surface area (Å²) in [4.78, 5) is 14.2. The summed E-state index contributed by atoms with van der Waals surface area (Å²) in [5.74, 6) is -0.0543. The number of carbonyl (C=O) groups excluding carboxylic acids is 1. The topological polar surface area (TPSA) is 56.9 Å². The van der Waals surface area contributed by atoms with Crippen LogP contribution in [0.15, 0.2) is 24.4 Å². The lowest BCUT2D eigenvalue weighted by atomic mass is 10.1. The van der Waals surface area contributed by atoms with E-state index in [-0.39, 0.29) is 5.91 Å². The molecule has 0 atom stereocenters. The van der Waals surface area contributed by atoms with Crippen molar-refractivity contribution in [3.63, 3.8) is 0 Å². The molecule has 0 fully saturated rings. The van der Waals surface area contributed by atoms with Gasteiger partial charge in [-0.3, -0.25) is 4.79 Å². The monoisotopic (exact) mass is 217 g/mol. The van der Waals surface area contributed by atoms with E-state index in [4.69, 9.17) is 0 Å². The zero-order valence-corrected chi connectivity index (χ0v) is 9.42. The van der Waals surface area contributed by atoms with Crippen molar-refractivity contribution >= 4 is 22.5 Å². The zero-order valence-electron chi connectivity index (χ0n) is 9.42. The highest BCUT2D eigenvalue weighted by molar-refractivity contribution is 5.93. The average Bonchev–Trinajstić information content (AvgIpc) is 2.65. The molecule has 1 aromatic carbocycles. The number of amides is 1. The maximum atomic E-state index is 11.0. The van der Waals surface area contributed by atoms with Gasteiger partial charge in [-0.2, -0.15) is 0 Å². The van der Waals surface area contributed by atoms with E-state index in [1.807, 2.05) is 31.4 Å². The third-order valence-electron chi connectivity index (χ3n) is 2.44. The van der Waals surface area contributed by atoms with Crippen molar-refractivity contribution in [1.82, 2.24) is 10.3 Å². The Kier molecular flexibility index (Phi) is 2.92. The summed E-state index contributed by atoms with van der Waals surface area (Å²) in [6.07, 6.45) is 1.90. The number of hydrogen-bond acceptors (Lipinski definition) is 2. The normalized spacial score (nSPS) is 10.6. The molecule has 1 amide bonds. The van der Waals surface area contributed by atoms with E-state index in [9.17, 15) is 4.79 Å². The van der Waals surface area contributed by atoms with Crippen molar-refractivity contribution in [2.24, 2.45) is 0 Å². The molecule has 4 heteroatoms. The fourth-order valence-electron chi connectivity index (χ4n) is 1.86. The first kappa shape index (κ1) is 10.7. The predicted molar refractivity (Wildman–Crippen MR) is 65.4 cm³/mol. The predicted octanol–water partition coefficient (Wildman–Crippen LogP) is 1.85. The lowest BCUT2D eigenvalue weighted by Crippen LogP contribution is -2.09. The Morgan fingerprint density at radius 3 is 2.94 bits per heavy atom. The Morgan fingerprint density at radius 1 is 1.44 bits per heavy atom. The third kappa shape index (κ3) is 2.06. The zero-order chi connectivity index (χ0) is 11.5. The molecule has 4 nitrogen and oxygen atoms in total. The molecule has 0 aliphatic carbocycles. The van der Waals surface area contributed by atoms with E-state index in [0.29, 0.717) is 0 Å². The van der Waals surface area contributed by atoms with Crippen LogP contribution in [0.1, 0.15) is 12.5 Å². The van der Waals surface area contributed by atoms with Crippen LogP contribution in [-0.2, 0) is 11.3 Å². The van der Waals surface area contributed by atoms with Crippen LogP contribution in [0.2, 0.25) is 0 Å². The molecule has 0 unspecified atom stereocenters. The van der Waals surface area contributed by atoms with Gasteiger partial charge in [-0.25, -0.2) is 0 Å². The van der Waals surface area contributed by atoms with Crippen LogP contribution >= 0.6 is 0 Å². The van der Waals surface area contributed by atoms with Gasteiger partial charge in [0.2, 0.25) is 5.91 Å². The van der Waals surface area contributed by atoms with E-state index in [0.717, 1.165) is 17.7 Å². The largest absolute Gasteiger partial charge is 0.361 e. The number of nitrogens with one attached hydrogen (secondary N) is 3. The molecule has 0 aliphatic rings. The highest BCUT2D eigenvalue weighted by Crippen LogP contribution is 2.23. The van der Waals surface area contributed by atoms with E-state index in [2.05, 4.69) is 15.6 Å². The highest BCUT2D eigenvalue weighted by atomic mass is 16.1. The van der Waals surface area contributed by atoms with E-state index >= 15 is 0 Å². The summed E-state index contributed by atoms with van der Waals surface area (Å²) < 4.78 is 0. The van der Waals surface area contributed by atoms with Crippen molar-refractivity contribution in [1.29, 1.82) is 0 Å². The first-order chi connectivity index (χ1) is 7.70. The molecule has 0 saturated heterocycles. The molecular weight excluding hydrogens is 202 g/mol. The van der Waals surface area contributed by atoms with Crippen LogP contribution in [0.25, 0.3) is 10.9 Å². The lowest BCUT2D eigenvalue weighted by Gasteiger charge is -2.07. The molecular formula is C12H15N3O. The van der Waals surface area contributed by atoms with Crippen molar-refractivity contribution in [3.05, 3.63) is 30.0 Å². The van der Waals surface area contributed by atoms with Gasteiger partial charge in [0.25, 0.3) is 0 Å². The Balaban J connectivity index is 2.48. The van der Waals surface area contributed by atoms with E-state index < -0.39 is 0 Å². The fraction of sp³-hybridized carbons (Fsp3) is 0.250. The van der Waals surface area contributed by atoms with Crippen LogP contribution in [0.4, 0.5) is 5.69 Å². The SMILES string of the molecule is CNCc1cc(NC(C)=O)cc2[nH]ccc12. The van der Waals surface area contributed by atoms with Gasteiger partial charge in [-0.15, -0.1) is 0 Å². The number of rotatable bonds is 3. The molecule has 2 rings (SSSR count). The van der Waals surface area contributed by atoms with Gasteiger partial charge >= 0.3 is 0 Å². The number of benzene rings is 1. The number of aromatic nitrogens is 1. The van der Waals surface area contributed by atoms with Gasteiger partial charge in [0.1, 0.15) is 0 Å². The van der Waals surface area contributed by atoms with E-state index in [1.165, 1.54) is 17.9 Å². The summed E-state index contributed by atoms with van der Waals surface area (Å²) in [6, 6.07) is 5.98. The van der Waals surface area contributed by atoms with Gasteiger partial charge < -0.3 is 15.6 Å². The molecule has 84 valence electrons. The summed E-state index contributed by atoms with van der Waals surface area (Å²) in [7, 11) is 1.91. The molecule has 1 heterocycles. The minimum absolute atomic E-state index is 0.0543. The van der Waals surface area contributed by atoms with Crippen molar-refractivity contribution in [2.45, 2.75) is 13.5 Å². The highest BCUT2D eigenvalue weighted by Gasteiger charge is 2.05. The fourth-order valence-corrected chi connectivity index (χ4v) is 1.86. The number of H-pyrrole nitrogens is 1. The molecule has 0 saturated carbocycles. The summed E-state index contributed by atoms with van der Waals surface area (Å²) in [5.41, 5.74) is 3.04. The number of hydrogen-bond donors (Lipinski definition) is 3. The summed E-state index contributed by atoms with van der Waals surface area (Å²) in [6.45, 7) is 2.29. The van der Waals surface area contributed by atoms with Gasteiger partial charge in [0, 0.05) is 36.3 Å². The van der Waals surface area contributed by atoms with Crippen molar-refractivity contribution in [2.75, 3.05) is 12.4 Å². The Bertz CT molecular complexity index is 516. The Morgan fingerprint density at radius 2 is 2.25 bits per heavy atom. The van der Waals surface area contributed by atoms with Crippen LogP contribution < -0.4 is 10.6 Å². The maximum absolute atomic E-state index is 11.0. The molecule has 0 radical (unpaired) electrons.